The monoisotopic (exact) mass is 498 g/mol. The Morgan fingerprint density at radius 2 is 1.09 bits per heavy atom. The van der Waals surface area contributed by atoms with Crippen molar-refractivity contribution in [2.24, 2.45) is 5.41 Å². The maximum Gasteiger partial charge on any atom is 0.186 e. The Morgan fingerprint density at radius 1 is 0.647 bits per heavy atom. The Morgan fingerprint density at radius 3 is 1.47 bits per heavy atom. The van der Waals surface area contributed by atoms with Gasteiger partial charge in [0, 0.05) is 5.41 Å². The lowest BCUT2D eigenvalue weighted by molar-refractivity contribution is -0.317. The van der Waals surface area contributed by atoms with E-state index in [1.165, 1.54) is 0 Å². The van der Waals surface area contributed by atoms with Gasteiger partial charge in [-0.2, -0.15) is 0 Å². The van der Waals surface area contributed by atoms with Gasteiger partial charge in [-0.1, -0.05) is 39.5 Å². The van der Waals surface area contributed by atoms with E-state index in [4.69, 9.17) is 18.9 Å². The van der Waals surface area contributed by atoms with Crippen LogP contribution in [0.2, 0.25) is 0 Å². The van der Waals surface area contributed by atoms with Crippen LogP contribution in [-0.4, -0.2) is 129 Å². The van der Waals surface area contributed by atoms with Crippen LogP contribution in [0.5, 0.6) is 0 Å². The van der Waals surface area contributed by atoms with Crippen molar-refractivity contribution in [2.45, 2.75) is 107 Å². The Kier molecular flexibility index (Phi) is 12.0. The molecule has 0 amide bonds. The fraction of sp³-hybridized carbons (Fsp3) is 1.00. The molecule has 0 saturated carbocycles. The first kappa shape index (κ1) is 29.7. The number of rotatable bonds is 13. The molecule has 2 aliphatic heterocycles. The molecular weight excluding hydrogens is 456 g/mol. The molecule has 0 aliphatic carbocycles. The summed E-state index contributed by atoms with van der Waals surface area (Å²) in [5.74, 6) is 0. The molecule has 0 aromatic carbocycles. The minimum atomic E-state index is -1.56. The van der Waals surface area contributed by atoms with Crippen LogP contribution in [0.1, 0.15) is 46.0 Å². The first-order valence-electron chi connectivity index (χ1n) is 11.9. The maximum absolute atomic E-state index is 10.2. The van der Waals surface area contributed by atoms with Crippen molar-refractivity contribution < 1.29 is 59.8 Å². The van der Waals surface area contributed by atoms with E-state index in [0.717, 1.165) is 25.7 Å². The molecule has 0 spiro atoms. The summed E-state index contributed by atoms with van der Waals surface area (Å²) in [6.45, 7) is 2.80. The van der Waals surface area contributed by atoms with Crippen LogP contribution < -0.4 is 0 Å². The topological polar surface area (TPSA) is 199 Å². The van der Waals surface area contributed by atoms with Gasteiger partial charge in [0.15, 0.2) is 12.6 Å². The molecule has 8 N–H and O–H groups in total. The molecule has 10 atom stereocenters. The van der Waals surface area contributed by atoms with E-state index in [9.17, 15) is 40.9 Å². The number of aliphatic hydroxyl groups excluding tert-OH is 8. The predicted octanol–water partition coefficient (Wildman–Crippen LogP) is -2.40. The van der Waals surface area contributed by atoms with Crippen LogP contribution in [0, 0.1) is 5.41 Å². The van der Waals surface area contributed by atoms with Gasteiger partial charge < -0.3 is 59.8 Å². The number of unbranched alkanes of at least 4 members (excludes halogenated alkanes) is 3. The molecule has 2 fully saturated rings. The second-order valence-electron chi connectivity index (χ2n) is 9.64. The number of hydrogen-bond acceptors (Lipinski definition) is 12. The van der Waals surface area contributed by atoms with Gasteiger partial charge in [0.1, 0.15) is 48.8 Å². The summed E-state index contributed by atoms with van der Waals surface area (Å²) in [6, 6.07) is 0. The van der Waals surface area contributed by atoms with Gasteiger partial charge >= 0.3 is 0 Å². The summed E-state index contributed by atoms with van der Waals surface area (Å²) < 4.78 is 22.3. The highest BCUT2D eigenvalue weighted by molar-refractivity contribution is 4.91. The maximum atomic E-state index is 10.2. The first-order chi connectivity index (χ1) is 16.1. The van der Waals surface area contributed by atoms with Crippen LogP contribution in [0.4, 0.5) is 0 Å². The number of hydrogen-bond donors (Lipinski definition) is 8. The van der Waals surface area contributed by atoms with E-state index >= 15 is 0 Å². The summed E-state index contributed by atoms with van der Waals surface area (Å²) in [5, 5.41) is 79.1. The molecule has 12 heteroatoms. The van der Waals surface area contributed by atoms with Crippen LogP contribution in [0.3, 0.4) is 0 Å². The van der Waals surface area contributed by atoms with Crippen molar-refractivity contribution in [3.8, 4) is 0 Å². The first-order valence-corrected chi connectivity index (χ1v) is 11.9. The fourth-order valence-corrected chi connectivity index (χ4v) is 4.14. The molecule has 34 heavy (non-hydrogen) atoms. The minimum absolute atomic E-state index is 0.000756. The molecule has 0 unspecified atom stereocenters. The Bertz CT molecular complexity index is 536. The third kappa shape index (κ3) is 7.51. The summed E-state index contributed by atoms with van der Waals surface area (Å²) in [6.07, 6.45) is -9.43. The normalized spacial score (nSPS) is 39.4. The van der Waals surface area contributed by atoms with Crippen molar-refractivity contribution in [1.29, 1.82) is 0 Å². The van der Waals surface area contributed by atoms with Crippen molar-refractivity contribution in [3.05, 3.63) is 0 Å². The molecule has 0 radical (unpaired) electrons. The lowest BCUT2D eigenvalue weighted by atomic mass is 9.86. The highest BCUT2D eigenvalue weighted by atomic mass is 16.7. The van der Waals surface area contributed by atoms with Crippen molar-refractivity contribution >= 4 is 0 Å². The minimum Gasteiger partial charge on any atom is -0.394 e. The summed E-state index contributed by atoms with van der Waals surface area (Å²) in [4.78, 5) is 0. The fourth-order valence-electron chi connectivity index (χ4n) is 4.14. The van der Waals surface area contributed by atoms with Crippen LogP contribution in [-0.2, 0) is 18.9 Å². The van der Waals surface area contributed by atoms with Gasteiger partial charge in [-0.3, -0.25) is 0 Å². The third-order valence-corrected chi connectivity index (χ3v) is 6.52. The zero-order valence-corrected chi connectivity index (χ0v) is 19.8. The van der Waals surface area contributed by atoms with E-state index in [2.05, 4.69) is 6.92 Å². The Hall–Kier alpha value is -0.480. The summed E-state index contributed by atoms with van der Waals surface area (Å²) in [7, 11) is 0. The molecule has 2 saturated heterocycles. The molecule has 0 bridgehead atoms. The number of aliphatic hydroxyl groups is 8. The molecule has 2 heterocycles. The summed E-state index contributed by atoms with van der Waals surface area (Å²) in [5.41, 5.74) is -0.675. The van der Waals surface area contributed by atoms with Gasteiger partial charge in [-0.15, -0.1) is 0 Å². The molecule has 2 aliphatic rings. The van der Waals surface area contributed by atoms with Gasteiger partial charge in [-0.05, 0) is 6.42 Å². The highest BCUT2D eigenvalue weighted by Crippen LogP contribution is 2.31. The third-order valence-electron chi connectivity index (χ3n) is 6.52. The van der Waals surface area contributed by atoms with Gasteiger partial charge in [0.05, 0.1) is 26.4 Å². The number of ether oxygens (including phenoxy) is 4. The average molecular weight is 499 g/mol. The van der Waals surface area contributed by atoms with E-state index < -0.39 is 80.0 Å². The van der Waals surface area contributed by atoms with Crippen molar-refractivity contribution in [1.82, 2.24) is 0 Å². The van der Waals surface area contributed by atoms with Crippen LogP contribution in [0.15, 0.2) is 0 Å². The van der Waals surface area contributed by atoms with E-state index in [-0.39, 0.29) is 13.2 Å². The van der Waals surface area contributed by atoms with Crippen molar-refractivity contribution in [3.63, 3.8) is 0 Å². The molecule has 0 aromatic rings. The zero-order chi connectivity index (χ0) is 25.5. The van der Waals surface area contributed by atoms with E-state index in [0.29, 0.717) is 6.42 Å². The Balaban J connectivity index is 2.03. The molecule has 2 rings (SSSR count). The summed E-state index contributed by atoms with van der Waals surface area (Å²) >= 11 is 0. The molecule has 0 aromatic heterocycles. The second-order valence-corrected chi connectivity index (χ2v) is 9.64. The zero-order valence-electron chi connectivity index (χ0n) is 19.8. The van der Waals surface area contributed by atoms with Gasteiger partial charge in [-0.25, -0.2) is 0 Å². The Labute approximate surface area is 199 Å². The lowest BCUT2D eigenvalue weighted by Crippen LogP contribution is -2.60. The van der Waals surface area contributed by atoms with E-state index in [1.807, 2.05) is 6.92 Å². The van der Waals surface area contributed by atoms with E-state index in [1.54, 1.807) is 0 Å². The van der Waals surface area contributed by atoms with Crippen molar-refractivity contribution in [2.75, 3.05) is 26.4 Å². The standard InChI is InChI=1S/C22H42O12/c1-3-4-5-6-7-22(2,10-31-20-18(29)16(27)14(25)12(8-23)33-20)11-32-21-19(30)17(28)15(26)13(9-24)34-21/h12-21,23-30H,3-11H2,1-2H3/t12-,13-,14-,15-,16+,17+,18-,19-,20-,21-/m0/s1. The molecule has 12 nitrogen and oxygen atoms in total. The predicted molar refractivity (Wildman–Crippen MR) is 116 cm³/mol. The van der Waals surface area contributed by atoms with Gasteiger partial charge in [0.25, 0.3) is 0 Å². The highest BCUT2D eigenvalue weighted by Gasteiger charge is 2.46. The van der Waals surface area contributed by atoms with Gasteiger partial charge in [0.2, 0.25) is 0 Å². The SMILES string of the molecule is CCCCCCC(C)(CO[C@H]1O[C@@H](CO)[C@H](O)[C@@H](O)[C@@H]1O)CO[C@H]1O[C@@H](CO)[C@H](O)[C@@H](O)[C@@H]1O. The molecule has 202 valence electrons. The smallest absolute Gasteiger partial charge is 0.186 e. The van der Waals surface area contributed by atoms with Crippen LogP contribution in [0.25, 0.3) is 0 Å². The van der Waals surface area contributed by atoms with Crippen LogP contribution >= 0.6 is 0 Å². The largest absolute Gasteiger partial charge is 0.394 e. The lowest BCUT2D eigenvalue weighted by Gasteiger charge is -2.42. The average Bonchev–Trinajstić information content (AvgIpc) is 2.83. The second kappa shape index (κ2) is 13.7. The quantitative estimate of drug-likeness (QED) is 0.125. The molecular formula is C22H42O12.